The first-order valence-electron chi connectivity index (χ1n) is 9.24. The fourth-order valence-corrected chi connectivity index (χ4v) is 2.98. The monoisotopic (exact) mass is 333 g/mol. The molecule has 4 heteroatoms. The number of carboxylic acids is 1. The summed E-state index contributed by atoms with van der Waals surface area (Å²) in [6.07, 6.45) is 13.6. The quantitative estimate of drug-likeness (QED) is 0.219. The molecule has 1 aromatic carbocycles. The van der Waals surface area contributed by atoms with E-state index in [1.807, 2.05) is 12.1 Å². The van der Waals surface area contributed by atoms with Gasteiger partial charge in [-0.25, -0.2) is 4.79 Å². The summed E-state index contributed by atoms with van der Waals surface area (Å²) in [5.41, 5.74) is 1.17. The minimum Gasteiger partial charge on any atom is -0.476 e. The Labute approximate surface area is 145 Å². The van der Waals surface area contributed by atoms with Crippen molar-refractivity contribution < 1.29 is 15.1 Å². The van der Waals surface area contributed by atoms with Crippen LogP contribution in [-0.2, 0) is 11.2 Å². The number of oxime groups is 1. The molecule has 0 fully saturated rings. The topological polar surface area (TPSA) is 69.9 Å². The molecular formula is C20H31NO3. The van der Waals surface area contributed by atoms with Crippen LogP contribution < -0.4 is 0 Å². The summed E-state index contributed by atoms with van der Waals surface area (Å²) in [7, 11) is 0. The molecule has 0 radical (unpaired) electrons. The standard InChI is InChI=1S/C20H31NO3/c1-2-3-4-5-6-7-8-9-10-11-14-17-15-12-13-16-18(17)19(21-24)20(22)23/h12-13,15-16,24H,2-11,14H2,1H3,(H,22,23)/b21-19-. The number of rotatable bonds is 13. The maximum absolute atomic E-state index is 11.1. The molecule has 0 heterocycles. The van der Waals surface area contributed by atoms with E-state index in [0.29, 0.717) is 5.56 Å². The fraction of sp³-hybridized carbons (Fsp3) is 0.600. The summed E-state index contributed by atoms with van der Waals surface area (Å²) in [6.45, 7) is 2.24. The molecule has 0 saturated heterocycles. The predicted octanol–water partition coefficient (Wildman–Crippen LogP) is 5.41. The van der Waals surface area contributed by atoms with Gasteiger partial charge < -0.3 is 10.3 Å². The highest BCUT2D eigenvalue weighted by molar-refractivity contribution is 6.42. The fourth-order valence-electron chi connectivity index (χ4n) is 2.98. The summed E-state index contributed by atoms with van der Waals surface area (Å²) in [5, 5.41) is 21.0. The molecule has 1 aromatic rings. The van der Waals surface area contributed by atoms with Gasteiger partial charge in [-0.3, -0.25) is 0 Å². The zero-order valence-corrected chi connectivity index (χ0v) is 14.8. The second kappa shape index (κ2) is 12.6. The summed E-state index contributed by atoms with van der Waals surface area (Å²) in [6, 6.07) is 7.28. The Hall–Kier alpha value is -1.84. The van der Waals surface area contributed by atoms with E-state index in [1.165, 1.54) is 51.4 Å². The van der Waals surface area contributed by atoms with E-state index >= 15 is 0 Å². The van der Waals surface area contributed by atoms with Crippen molar-refractivity contribution in [2.45, 2.75) is 77.6 Å². The normalized spacial score (nSPS) is 11.6. The lowest BCUT2D eigenvalue weighted by molar-refractivity contribution is -0.129. The maximum atomic E-state index is 11.1. The van der Waals surface area contributed by atoms with Crippen molar-refractivity contribution in [1.29, 1.82) is 0 Å². The van der Waals surface area contributed by atoms with Gasteiger partial charge in [0.2, 0.25) is 0 Å². The predicted molar refractivity (Wildman–Crippen MR) is 97.9 cm³/mol. The van der Waals surface area contributed by atoms with E-state index in [-0.39, 0.29) is 5.71 Å². The minimum atomic E-state index is -1.20. The first kappa shape index (κ1) is 20.2. The zero-order valence-electron chi connectivity index (χ0n) is 14.8. The molecule has 0 bridgehead atoms. The molecule has 0 amide bonds. The minimum absolute atomic E-state index is 0.280. The first-order chi connectivity index (χ1) is 11.7. The van der Waals surface area contributed by atoms with Crippen molar-refractivity contribution in [3.05, 3.63) is 35.4 Å². The summed E-state index contributed by atoms with van der Waals surface area (Å²) in [4.78, 5) is 11.1. The van der Waals surface area contributed by atoms with Crippen molar-refractivity contribution in [3.8, 4) is 0 Å². The van der Waals surface area contributed by atoms with Crippen LogP contribution in [0, 0.1) is 0 Å². The van der Waals surface area contributed by atoms with Crippen molar-refractivity contribution in [2.75, 3.05) is 0 Å². The third kappa shape index (κ3) is 7.62. The van der Waals surface area contributed by atoms with Crippen LogP contribution in [-0.4, -0.2) is 22.0 Å². The Morgan fingerprint density at radius 2 is 1.46 bits per heavy atom. The van der Waals surface area contributed by atoms with Crippen LogP contribution in [0.5, 0.6) is 0 Å². The highest BCUT2D eigenvalue weighted by Gasteiger charge is 2.16. The van der Waals surface area contributed by atoms with Crippen molar-refractivity contribution in [3.63, 3.8) is 0 Å². The first-order valence-corrected chi connectivity index (χ1v) is 9.24. The van der Waals surface area contributed by atoms with E-state index in [9.17, 15) is 4.79 Å². The van der Waals surface area contributed by atoms with Gasteiger partial charge in [0.1, 0.15) is 0 Å². The number of carboxylic acid groups (broad SMARTS) is 1. The smallest absolute Gasteiger partial charge is 0.358 e. The lowest BCUT2D eigenvalue weighted by Crippen LogP contribution is -2.16. The van der Waals surface area contributed by atoms with E-state index in [4.69, 9.17) is 10.3 Å². The van der Waals surface area contributed by atoms with Crippen LogP contribution in [0.1, 0.15) is 82.3 Å². The number of aryl methyl sites for hydroxylation is 1. The molecule has 0 aliphatic heterocycles. The maximum Gasteiger partial charge on any atom is 0.358 e. The SMILES string of the molecule is CCCCCCCCCCCCc1ccccc1/C(=N/O)C(=O)O. The number of unbranched alkanes of at least 4 members (excludes halogenated alkanes) is 9. The van der Waals surface area contributed by atoms with Gasteiger partial charge in [-0.1, -0.05) is 94.1 Å². The van der Waals surface area contributed by atoms with Gasteiger partial charge in [0, 0.05) is 5.56 Å². The molecular weight excluding hydrogens is 302 g/mol. The molecule has 0 saturated carbocycles. The van der Waals surface area contributed by atoms with Crippen LogP contribution in [0.4, 0.5) is 0 Å². The third-order valence-corrected chi connectivity index (χ3v) is 4.37. The number of carbonyl (C=O) groups is 1. The Morgan fingerprint density at radius 1 is 0.917 bits per heavy atom. The van der Waals surface area contributed by atoms with E-state index in [0.717, 1.165) is 24.8 Å². The number of benzene rings is 1. The van der Waals surface area contributed by atoms with E-state index in [2.05, 4.69) is 12.1 Å². The number of hydrogen-bond acceptors (Lipinski definition) is 3. The second-order valence-electron chi connectivity index (χ2n) is 6.34. The summed E-state index contributed by atoms with van der Waals surface area (Å²) < 4.78 is 0. The summed E-state index contributed by atoms with van der Waals surface area (Å²) in [5.74, 6) is -1.20. The number of hydrogen-bond donors (Lipinski definition) is 2. The highest BCUT2D eigenvalue weighted by atomic mass is 16.4. The molecule has 4 nitrogen and oxygen atoms in total. The van der Waals surface area contributed by atoms with Gasteiger partial charge in [0.05, 0.1) is 0 Å². The van der Waals surface area contributed by atoms with Crippen LogP contribution in [0.3, 0.4) is 0 Å². The molecule has 134 valence electrons. The van der Waals surface area contributed by atoms with Crippen molar-refractivity contribution in [1.82, 2.24) is 0 Å². The lowest BCUT2D eigenvalue weighted by Gasteiger charge is -2.08. The van der Waals surface area contributed by atoms with Gasteiger partial charge in [-0.15, -0.1) is 0 Å². The number of nitrogens with zero attached hydrogens (tertiary/aromatic N) is 1. The average Bonchev–Trinajstić information content (AvgIpc) is 2.58. The van der Waals surface area contributed by atoms with Crippen molar-refractivity contribution in [2.24, 2.45) is 5.16 Å². The molecule has 0 aliphatic carbocycles. The molecule has 0 unspecified atom stereocenters. The average molecular weight is 333 g/mol. The van der Waals surface area contributed by atoms with E-state index < -0.39 is 5.97 Å². The van der Waals surface area contributed by atoms with Crippen LogP contribution in [0.2, 0.25) is 0 Å². The second-order valence-corrected chi connectivity index (χ2v) is 6.34. The Balaban J connectivity index is 2.28. The lowest BCUT2D eigenvalue weighted by atomic mass is 9.97. The number of aliphatic carboxylic acids is 1. The molecule has 0 aromatic heterocycles. The Morgan fingerprint density at radius 3 is 2.00 bits per heavy atom. The van der Waals surface area contributed by atoms with Crippen molar-refractivity contribution >= 4 is 11.7 Å². The van der Waals surface area contributed by atoms with E-state index in [1.54, 1.807) is 12.1 Å². The van der Waals surface area contributed by atoms with Crippen LogP contribution >= 0.6 is 0 Å². The third-order valence-electron chi connectivity index (χ3n) is 4.37. The Kier molecular flexibility index (Phi) is 10.6. The molecule has 1 rings (SSSR count). The zero-order chi connectivity index (χ0) is 17.6. The van der Waals surface area contributed by atoms with Gasteiger partial charge in [-0.05, 0) is 18.4 Å². The van der Waals surface area contributed by atoms with Gasteiger partial charge in [0.15, 0.2) is 5.71 Å². The van der Waals surface area contributed by atoms with Gasteiger partial charge >= 0.3 is 5.97 Å². The Bertz CT molecular complexity index is 511. The van der Waals surface area contributed by atoms with Crippen LogP contribution in [0.25, 0.3) is 0 Å². The summed E-state index contributed by atoms with van der Waals surface area (Å²) >= 11 is 0. The van der Waals surface area contributed by atoms with Crippen LogP contribution in [0.15, 0.2) is 29.4 Å². The molecule has 0 atom stereocenters. The molecule has 0 spiro atoms. The molecule has 24 heavy (non-hydrogen) atoms. The largest absolute Gasteiger partial charge is 0.476 e. The molecule has 0 aliphatic rings. The highest BCUT2D eigenvalue weighted by Crippen LogP contribution is 2.16. The van der Waals surface area contributed by atoms with Gasteiger partial charge in [-0.2, -0.15) is 0 Å². The molecule has 2 N–H and O–H groups in total. The van der Waals surface area contributed by atoms with Gasteiger partial charge in [0.25, 0.3) is 0 Å².